The van der Waals surface area contributed by atoms with Crippen LogP contribution in [0.4, 0.5) is 4.39 Å². The molecule has 1 aliphatic heterocycles. The number of amides is 1. The van der Waals surface area contributed by atoms with Crippen molar-refractivity contribution < 1.29 is 19.1 Å². The first-order valence-corrected chi connectivity index (χ1v) is 6.89. The van der Waals surface area contributed by atoms with Gasteiger partial charge in [0, 0.05) is 12.4 Å². The first kappa shape index (κ1) is 15.2. The minimum Gasteiger partial charge on any atom is -0.550 e. The van der Waals surface area contributed by atoms with Crippen LogP contribution in [0.25, 0.3) is 0 Å². The minimum atomic E-state index is -1.30. The molecule has 1 amide bonds. The molecular weight excluding hydrogens is 297 g/mol. The Labute approximate surface area is 124 Å². The third-order valence-electron chi connectivity index (χ3n) is 2.68. The van der Waals surface area contributed by atoms with Gasteiger partial charge in [-0.3, -0.25) is 4.79 Å². The van der Waals surface area contributed by atoms with Gasteiger partial charge in [-0.05, 0) is 24.6 Å². The molecule has 0 spiro atoms. The zero-order chi connectivity index (χ0) is 15.4. The van der Waals surface area contributed by atoms with Gasteiger partial charge >= 0.3 is 0 Å². The van der Waals surface area contributed by atoms with Gasteiger partial charge in [0.15, 0.2) is 5.17 Å². The molecule has 1 N–H and O–H groups in total. The number of amidine groups is 1. The Morgan fingerprint density at radius 2 is 2.10 bits per heavy atom. The maximum atomic E-state index is 12.8. The molecule has 21 heavy (non-hydrogen) atoms. The molecule has 0 aromatic heterocycles. The molecular formula is C13H11FN3O3S-. The van der Waals surface area contributed by atoms with Gasteiger partial charge in [0.1, 0.15) is 5.82 Å². The Morgan fingerprint density at radius 3 is 2.71 bits per heavy atom. The molecule has 0 aliphatic carbocycles. The van der Waals surface area contributed by atoms with E-state index in [1.165, 1.54) is 12.1 Å². The summed E-state index contributed by atoms with van der Waals surface area (Å²) in [5.41, 5.74) is 1.24. The summed E-state index contributed by atoms with van der Waals surface area (Å²) in [6, 6.07) is 5.74. The van der Waals surface area contributed by atoms with Crippen molar-refractivity contribution in [3.8, 4) is 0 Å². The highest BCUT2D eigenvalue weighted by atomic mass is 32.2. The molecule has 0 unspecified atom stereocenters. The van der Waals surface area contributed by atoms with Crippen molar-refractivity contribution in [1.29, 1.82) is 0 Å². The van der Waals surface area contributed by atoms with Crippen LogP contribution in [0.5, 0.6) is 0 Å². The fourth-order valence-electron chi connectivity index (χ4n) is 1.61. The van der Waals surface area contributed by atoms with E-state index in [-0.39, 0.29) is 17.4 Å². The fraction of sp³-hybridized carbons (Fsp3) is 0.231. The minimum absolute atomic E-state index is 0.229. The molecule has 1 saturated heterocycles. The number of benzene rings is 1. The molecule has 0 saturated carbocycles. The highest BCUT2D eigenvalue weighted by molar-refractivity contribution is 8.15. The predicted octanol–water partition coefficient (Wildman–Crippen LogP) is 0.277. The lowest BCUT2D eigenvalue weighted by Crippen LogP contribution is -2.31. The van der Waals surface area contributed by atoms with E-state index >= 15 is 0 Å². The van der Waals surface area contributed by atoms with Crippen LogP contribution in [0, 0.1) is 5.82 Å². The highest BCUT2D eigenvalue weighted by Gasteiger charge is 2.30. The summed E-state index contributed by atoms with van der Waals surface area (Å²) < 4.78 is 12.8. The van der Waals surface area contributed by atoms with Crippen molar-refractivity contribution in [2.45, 2.75) is 18.6 Å². The number of rotatable bonds is 4. The SMILES string of the molecule is C/C(=N/N=C1\NC(=O)[C@@H](CC(=O)[O-])S1)c1ccc(F)cc1. The summed E-state index contributed by atoms with van der Waals surface area (Å²) in [6.07, 6.45) is -0.379. The second kappa shape index (κ2) is 6.49. The van der Waals surface area contributed by atoms with Crippen LogP contribution in [0.1, 0.15) is 18.9 Å². The number of thioether (sulfide) groups is 1. The third kappa shape index (κ3) is 4.12. The van der Waals surface area contributed by atoms with Gasteiger partial charge in [0.25, 0.3) is 0 Å². The zero-order valence-electron chi connectivity index (χ0n) is 11.0. The van der Waals surface area contributed by atoms with Crippen LogP contribution in [0.2, 0.25) is 0 Å². The third-order valence-corrected chi connectivity index (χ3v) is 3.75. The number of carbonyl (C=O) groups excluding carboxylic acids is 2. The monoisotopic (exact) mass is 308 g/mol. The van der Waals surface area contributed by atoms with Crippen molar-refractivity contribution in [2.24, 2.45) is 10.2 Å². The van der Waals surface area contributed by atoms with Crippen molar-refractivity contribution in [1.82, 2.24) is 5.32 Å². The van der Waals surface area contributed by atoms with E-state index in [0.29, 0.717) is 11.3 Å². The largest absolute Gasteiger partial charge is 0.550 e. The summed E-state index contributed by atoms with van der Waals surface area (Å²) in [5, 5.41) is 20.2. The summed E-state index contributed by atoms with van der Waals surface area (Å²) in [7, 11) is 0. The molecule has 6 nitrogen and oxygen atoms in total. The van der Waals surface area contributed by atoms with Crippen molar-refractivity contribution >= 4 is 34.5 Å². The number of carboxylic acids is 1. The van der Waals surface area contributed by atoms with E-state index in [0.717, 1.165) is 11.8 Å². The number of hydrogen-bond donors (Lipinski definition) is 1. The van der Waals surface area contributed by atoms with Gasteiger partial charge < -0.3 is 15.2 Å². The van der Waals surface area contributed by atoms with Crippen LogP contribution in [0.15, 0.2) is 34.5 Å². The molecule has 1 atom stereocenters. The molecule has 0 bridgehead atoms. The van der Waals surface area contributed by atoms with Crippen LogP contribution in [-0.2, 0) is 9.59 Å². The number of aliphatic carboxylic acids is 1. The van der Waals surface area contributed by atoms with Gasteiger partial charge in [-0.15, -0.1) is 5.10 Å². The topological polar surface area (TPSA) is 94.0 Å². The van der Waals surface area contributed by atoms with Gasteiger partial charge in [-0.25, -0.2) is 4.39 Å². The van der Waals surface area contributed by atoms with E-state index in [4.69, 9.17) is 0 Å². The second-order valence-corrected chi connectivity index (χ2v) is 5.46. The maximum absolute atomic E-state index is 12.8. The van der Waals surface area contributed by atoms with Gasteiger partial charge in [-0.2, -0.15) is 5.10 Å². The maximum Gasteiger partial charge on any atom is 0.239 e. The van der Waals surface area contributed by atoms with Crippen molar-refractivity contribution in [3.63, 3.8) is 0 Å². The molecule has 1 aromatic carbocycles. The molecule has 1 fully saturated rings. The van der Waals surface area contributed by atoms with E-state index in [2.05, 4.69) is 15.5 Å². The van der Waals surface area contributed by atoms with E-state index in [1.54, 1.807) is 19.1 Å². The first-order chi connectivity index (χ1) is 9.95. The van der Waals surface area contributed by atoms with E-state index < -0.39 is 17.1 Å². The van der Waals surface area contributed by atoms with Gasteiger partial charge in [0.05, 0.1) is 11.0 Å². The normalized spacial score (nSPS) is 20.7. The molecule has 1 heterocycles. The smallest absolute Gasteiger partial charge is 0.239 e. The Bertz CT molecular complexity index is 628. The molecule has 110 valence electrons. The Hall–Kier alpha value is -2.22. The van der Waals surface area contributed by atoms with Crippen LogP contribution in [-0.4, -0.2) is 28.0 Å². The summed E-state index contributed by atoms with van der Waals surface area (Å²) in [6.45, 7) is 1.69. The van der Waals surface area contributed by atoms with Crippen molar-refractivity contribution in [2.75, 3.05) is 0 Å². The lowest BCUT2D eigenvalue weighted by Gasteiger charge is -2.04. The molecule has 1 aromatic rings. The quantitative estimate of drug-likeness (QED) is 0.638. The Morgan fingerprint density at radius 1 is 1.43 bits per heavy atom. The number of nitrogens with zero attached hydrogens (tertiary/aromatic N) is 2. The molecule has 8 heteroatoms. The van der Waals surface area contributed by atoms with Crippen molar-refractivity contribution in [3.05, 3.63) is 35.6 Å². The lowest BCUT2D eigenvalue weighted by atomic mass is 10.1. The lowest BCUT2D eigenvalue weighted by molar-refractivity contribution is -0.305. The predicted molar refractivity (Wildman–Crippen MR) is 75.2 cm³/mol. The number of carbonyl (C=O) groups is 2. The van der Waals surface area contributed by atoms with Gasteiger partial charge in [-0.1, -0.05) is 23.9 Å². The molecule has 2 rings (SSSR count). The van der Waals surface area contributed by atoms with E-state index in [1.807, 2.05) is 0 Å². The van der Waals surface area contributed by atoms with Crippen LogP contribution in [0.3, 0.4) is 0 Å². The zero-order valence-corrected chi connectivity index (χ0v) is 11.8. The number of hydrogen-bond acceptors (Lipinski definition) is 6. The Kier molecular flexibility index (Phi) is 4.69. The molecule has 1 aliphatic rings. The summed E-state index contributed by atoms with van der Waals surface area (Å²) in [5.74, 6) is -2.07. The Balaban J connectivity index is 2.07. The fourth-order valence-corrected chi connectivity index (χ4v) is 2.51. The standard InChI is InChI=1S/C13H12FN3O3S/c1-7(8-2-4-9(14)5-3-8)16-17-13-15-12(20)10(21-13)6-11(18)19/h2-5,10H,6H2,1H3,(H,18,19)(H,15,17,20)/p-1/b16-7-/t10-/m1/s1. The van der Waals surface area contributed by atoms with Gasteiger partial charge in [0.2, 0.25) is 5.91 Å². The first-order valence-electron chi connectivity index (χ1n) is 6.01. The number of halogens is 1. The number of nitrogens with one attached hydrogen (secondary N) is 1. The average molecular weight is 308 g/mol. The van der Waals surface area contributed by atoms with Crippen LogP contribution >= 0.6 is 11.8 Å². The summed E-state index contributed by atoms with van der Waals surface area (Å²) in [4.78, 5) is 22.0. The van der Waals surface area contributed by atoms with Crippen LogP contribution < -0.4 is 10.4 Å². The summed E-state index contributed by atoms with van der Waals surface area (Å²) >= 11 is 0.988. The highest BCUT2D eigenvalue weighted by Crippen LogP contribution is 2.22. The second-order valence-electron chi connectivity index (χ2n) is 4.27. The number of carboxylic acid groups (broad SMARTS) is 1. The average Bonchev–Trinajstić information content (AvgIpc) is 2.77. The molecule has 0 radical (unpaired) electrons. The van der Waals surface area contributed by atoms with E-state index in [9.17, 15) is 19.1 Å².